The first-order chi connectivity index (χ1) is 15.0. The van der Waals surface area contributed by atoms with Crippen LogP contribution in [-0.4, -0.2) is 48.3 Å². The highest BCUT2D eigenvalue weighted by Crippen LogP contribution is 2.34. The minimum Gasteiger partial charge on any atom is -0.491 e. The van der Waals surface area contributed by atoms with Gasteiger partial charge in [0.05, 0.1) is 22.7 Å². The van der Waals surface area contributed by atoms with E-state index < -0.39 is 0 Å². The first-order valence-corrected chi connectivity index (χ1v) is 11.5. The molecule has 1 N–H and O–H groups in total. The van der Waals surface area contributed by atoms with Crippen molar-refractivity contribution in [2.75, 3.05) is 38.6 Å². The van der Waals surface area contributed by atoms with Crippen LogP contribution in [0.25, 0.3) is 10.1 Å². The molecule has 0 aliphatic carbocycles. The third-order valence-corrected chi connectivity index (χ3v) is 6.79. The Morgan fingerprint density at radius 2 is 2.06 bits per heavy atom. The van der Waals surface area contributed by atoms with Crippen molar-refractivity contribution in [3.63, 3.8) is 0 Å². The summed E-state index contributed by atoms with van der Waals surface area (Å²) in [5.41, 5.74) is 2.65. The topological polar surface area (TPSA) is 54.5 Å². The zero-order valence-corrected chi connectivity index (χ0v) is 18.8. The molecule has 0 atom stereocenters. The quantitative estimate of drug-likeness (QED) is 0.378. The summed E-state index contributed by atoms with van der Waals surface area (Å²) < 4.78 is 25.0. The number of hydrogen-bond donors (Lipinski definition) is 1. The van der Waals surface area contributed by atoms with Crippen LogP contribution < -0.4 is 10.1 Å². The van der Waals surface area contributed by atoms with E-state index in [0.29, 0.717) is 18.1 Å². The van der Waals surface area contributed by atoms with Crippen molar-refractivity contribution in [1.82, 2.24) is 9.27 Å². The minimum atomic E-state index is -0.198. The van der Waals surface area contributed by atoms with E-state index in [9.17, 15) is 9.18 Å². The monoisotopic (exact) mass is 441 g/mol. The number of ether oxygens (including phenoxy) is 1. The van der Waals surface area contributed by atoms with Gasteiger partial charge in [-0.05, 0) is 87.2 Å². The molecule has 0 amide bonds. The summed E-state index contributed by atoms with van der Waals surface area (Å²) in [6.45, 7) is 5.28. The lowest BCUT2D eigenvalue weighted by Gasteiger charge is -2.31. The maximum atomic E-state index is 13.4. The van der Waals surface area contributed by atoms with Crippen molar-refractivity contribution in [3.05, 3.63) is 53.5 Å². The Morgan fingerprint density at radius 3 is 2.81 bits per heavy atom. The van der Waals surface area contributed by atoms with Crippen LogP contribution in [0, 0.1) is 5.82 Å². The molecular weight excluding hydrogens is 413 g/mol. The first kappa shape index (κ1) is 21.7. The number of benzene rings is 2. The van der Waals surface area contributed by atoms with E-state index in [-0.39, 0.29) is 11.6 Å². The molecule has 164 valence electrons. The lowest BCUT2D eigenvalue weighted by molar-refractivity contribution is 0.101. The molecule has 2 aromatic carbocycles. The van der Waals surface area contributed by atoms with Crippen LogP contribution >= 0.6 is 11.5 Å². The lowest BCUT2D eigenvalue weighted by atomic mass is 9.91. The number of piperidine rings is 1. The van der Waals surface area contributed by atoms with Crippen molar-refractivity contribution < 1.29 is 13.9 Å². The molecule has 3 aromatic rings. The van der Waals surface area contributed by atoms with Gasteiger partial charge in [-0.15, -0.1) is 0 Å². The molecule has 0 bridgehead atoms. The average molecular weight is 442 g/mol. The normalized spacial score (nSPS) is 15.3. The Kier molecular flexibility index (Phi) is 6.83. The second-order valence-corrected chi connectivity index (χ2v) is 8.85. The number of nitrogens with zero attached hydrogens (tertiary/aromatic N) is 2. The molecule has 4 rings (SSSR count). The van der Waals surface area contributed by atoms with Crippen LogP contribution in [0.2, 0.25) is 0 Å². The molecule has 0 spiro atoms. The van der Waals surface area contributed by atoms with Crippen molar-refractivity contribution in [2.45, 2.75) is 32.1 Å². The van der Waals surface area contributed by atoms with Gasteiger partial charge in [0, 0.05) is 30.5 Å². The summed E-state index contributed by atoms with van der Waals surface area (Å²) in [5, 5.41) is 4.21. The molecule has 0 saturated carbocycles. The predicted molar refractivity (Wildman–Crippen MR) is 124 cm³/mol. The summed E-state index contributed by atoms with van der Waals surface area (Å²) in [5.74, 6) is 1.07. The third-order valence-electron chi connectivity index (χ3n) is 5.97. The number of likely N-dealkylation sites (tertiary alicyclic amines) is 1. The van der Waals surface area contributed by atoms with Gasteiger partial charge in [-0.1, -0.05) is 0 Å². The molecule has 1 saturated heterocycles. The van der Waals surface area contributed by atoms with Gasteiger partial charge in [0.2, 0.25) is 0 Å². The van der Waals surface area contributed by atoms with E-state index in [0.717, 1.165) is 66.1 Å². The number of hydrogen-bond acceptors (Lipinski definition) is 6. The molecule has 31 heavy (non-hydrogen) atoms. The van der Waals surface area contributed by atoms with Crippen LogP contribution in [0.15, 0.2) is 36.4 Å². The fourth-order valence-electron chi connectivity index (χ4n) is 4.20. The number of nitrogens with one attached hydrogen (secondary N) is 1. The van der Waals surface area contributed by atoms with Gasteiger partial charge in [-0.25, -0.2) is 4.39 Å². The van der Waals surface area contributed by atoms with E-state index >= 15 is 0 Å². The molecule has 1 fully saturated rings. The second kappa shape index (κ2) is 9.75. The zero-order valence-electron chi connectivity index (χ0n) is 18.0. The summed E-state index contributed by atoms with van der Waals surface area (Å²) in [6, 6.07) is 10.5. The molecule has 2 heterocycles. The highest BCUT2D eigenvalue weighted by Gasteiger charge is 2.24. The number of anilines is 1. The lowest BCUT2D eigenvalue weighted by Crippen LogP contribution is -2.34. The number of carbonyl (C=O) groups excluding carboxylic acids is 1. The van der Waals surface area contributed by atoms with Gasteiger partial charge >= 0.3 is 0 Å². The van der Waals surface area contributed by atoms with Gasteiger partial charge < -0.3 is 15.0 Å². The molecule has 7 heteroatoms. The number of carbonyl (C=O) groups is 1. The summed E-state index contributed by atoms with van der Waals surface area (Å²) in [7, 11) is 1.83. The van der Waals surface area contributed by atoms with E-state index in [1.54, 1.807) is 19.1 Å². The van der Waals surface area contributed by atoms with Gasteiger partial charge in [0.1, 0.15) is 11.6 Å². The van der Waals surface area contributed by atoms with Crippen LogP contribution in [0.5, 0.6) is 5.75 Å². The molecule has 1 aliphatic rings. The SMILES string of the molecule is CNc1cc(C(C)=O)ccc1OCCCN1CCC(c2nsc3cc(F)ccc23)CC1. The minimum absolute atomic E-state index is 0.0456. The average Bonchev–Trinajstić information content (AvgIpc) is 3.20. The Hall–Kier alpha value is -2.51. The Labute approximate surface area is 186 Å². The Balaban J connectivity index is 1.24. The maximum absolute atomic E-state index is 13.4. The van der Waals surface area contributed by atoms with E-state index in [1.807, 2.05) is 25.2 Å². The van der Waals surface area contributed by atoms with Crippen LogP contribution in [0.4, 0.5) is 10.1 Å². The Morgan fingerprint density at radius 1 is 1.26 bits per heavy atom. The molecule has 0 radical (unpaired) electrons. The van der Waals surface area contributed by atoms with Crippen LogP contribution in [0.1, 0.15) is 48.2 Å². The fraction of sp³-hybridized carbons (Fsp3) is 0.417. The number of Topliss-reactive ketones (excluding diaryl/α,β-unsaturated/α-hetero) is 1. The van der Waals surface area contributed by atoms with Gasteiger partial charge in [-0.3, -0.25) is 4.79 Å². The summed E-state index contributed by atoms with van der Waals surface area (Å²) in [6.07, 6.45) is 3.10. The third kappa shape index (κ3) is 5.05. The molecule has 1 aliphatic heterocycles. The predicted octanol–water partition coefficient (Wildman–Crippen LogP) is 5.33. The molecule has 5 nitrogen and oxygen atoms in total. The van der Waals surface area contributed by atoms with Gasteiger partial charge in [0.15, 0.2) is 5.78 Å². The summed E-state index contributed by atoms with van der Waals surface area (Å²) in [4.78, 5) is 14.0. The fourth-order valence-corrected chi connectivity index (χ4v) is 5.08. The zero-order chi connectivity index (χ0) is 21.8. The van der Waals surface area contributed by atoms with E-state index in [4.69, 9.17) is 4.74 Å². The molecule has 1 aromatic heterocycles. The number of halogens is 1. The number of rotatable bonds is 8. The van der Waals surface area contributed by atoms with Gasteiger partial charge in [0.25, 0.3) is 0 Å². The summed E-state index contributed by atoms with van der Waals surface area (Å²) >= 11 is 1.40. The molecular formula is C24H28FN3O2S. The first-order valence-electron chi connectivity index (χ1n) is 10.8. The largest absolute Gasteiger partial charge is 0.491 e. The van der Waals surface area contributed by atoms with Crippen molar-refractivity contribution in [3.8, 4) is 5.75 Å². The highest BCUT2D eigenvalue weighted by molar-refractivity contribution is 7.13. The Bertz CT molecular complexity index is 1060. The van der Waals surface area contributed by atoms with Crippen molar-refractivity contribution in [2.24, 2.45) is 0 Å². The van der Waals surface area contributed by atoms with Gasteiger partial charge in [-0.2, -0.15) is 4.37 Å². The van der Waals surface area contributed by atoms with Crippen LogP contribution in [0.3, 0.4) is 0 Å². The highest BCUT2D eigenvalue weighted by atomic mass is 32.1. The second-order valence-electron chi connectivity index (χ2n) is 8.04. The van der Waals surface area contributed by atoms with E-state index in [1.165, 1.54) is 17.6 Å². The standard InChI is InChI=1S/C24H28FN3O2S/c1-16(29)18-4-7-22(21(14-18)26-2)30-13-3-10-28-11-8-17(9-12-28)24-20-6-5-19(25)15-23(20)31-27-24/h4-7,14-15,17,26H,3,8-13H2,1-2H3. The van der Waals surface area contributed by atoms with Crippen molar-refractivity contribution >= 4 is 33.1 Å². The number of ketones is 1. The molecule has 0 unspecified atom stereocenters. The number of fused-ring (bicyclic) bond motifs is 1. The maximum Gasteiger partial charge on any atom is 0.159 e. The van der Waals surface area contributed by atoms with Crippen LogP contribution in [-0.2, 0) is 0 Å². The van der Waals surface area contributed by atoms with E-state index in [2.05, 4.69) is 14.6 Å². The number of aromatic nitrogens is 1. The smallest absolute Gasteiger partial charge is 0.159 e. The van der Waals surface area contributed by atoms with Crippen molar-refractivity contribution in [1.29, 1.82) is 0 Å².